The fraction of sp³-hybridized carbons (Fsp3) is 0.278. The van der Waals surface area contributed by atoms with E-state index in [1.165, 1.54) is 5.56 Å². The van der Waals surface area contributed by atoms with E-state index in [-0.39, 0.29) is 11.3 Å². The van der Waals surface area contributed by atoms with Gasteiger partial charge in [0.1, 0.15) is 0 Å². The van der Waals surface area contributed by atoms with Gasteiger partial charge in [-0.2, -0.15) is 0 Å². The number of nitrogen functional groups attached to an aromatic ring is 1. The van der Waals surface area contributed by atoms with Crippen molar-refractivity contribution in [2.75, 3.05) is 11.1 Å². The lowest BCUT2D eigenvalue weighted by atomic mass is 9.88. The van der Waals surface area contributed by atoms with Crippen molar-refractivity contribution in [3.05, 3.63) is 59.7 Å². The summed E-state index contributed by atoms with van der Waals surface area (Å²) in [6.45, 7) is 6.60. The molecule has 0 saturated carbocycles. The zero-order chi connectivity index (χ0) is 15.5. The third-order valence-electron chi connectivity index (χ3n) is 3.16. The van der Waals surface area contributed by atoms with Crippen LogP contribution in [-0.2, 0) is 6.42 Å². The van der Waals surface area contributed by atoms with E-state index in [1.807, 2.05) is 36.4 Å². The van der Waals surface area contributed by atoms with Gasteiger partial charge in [0.15, 0.2) is 0 Å². The first-order valence-electron chi connectivity index (χ1n) is 7.10. The van der Waals surface area contributed by atoms with E-state index >= 15 is 0 Å². The Morgan fingerprint density at radius 1 is 1.05 bits per heavy atom. The van der Waals surface area contributed by atoms with Crippen molar-refractivity contribution in [3.8, 4) is 0 Å². The van der Waals surface area contributed by atoms with Crippen LogP contribution in [0.3, 0.4) is 0 Å². The Balaban J connectivity index is 2.08. The molecule has 0 atom stereocenters. The fourth-order valence-electron chi connectivity index (χ4n) is 2.19. The van der Waals surface area contributed by atoms with Gasteiger partial charge in [-0.1, -0.05) is 45.0 Å². The maximum absolute atomic E-state index is 12.2. The molecule has 1 amide bonds. The molecule has 3 nitrogen and oxygen atoms in total. The molecule has 0 aliphatic heterocycles. The molecule has 0 radical (unpaired) electrons. The Morgan fingerprint density at radius 3 is 2.24 bits per heavy atom. The average Bonchev–Trinajstić information content (AvgIpc) is 2.40. The van der Waals surface area contributed by atoms with E-state index in [4.69, 9.17) is 5.73 Å². The monoisotopic (exact) mass is 282 g/mol. The quantitative estimate of drug-likeness (QED) is 0.832. The topological polar surface area (TPSA) is 55.1 Å². The second-order valence-corrected chi connectivity index (χ2v) is 6.48. The molecule has 0 aromatic heterocycles. The highest BCUT2D eigenvalue weighted by molar-refractivity contribution is 6.05. The van der Waals surface area contributed by atoms with Gasteiger partial charge in [0, 0.05) is 5.56 Å². The zero-order valence-electron chi connectivity index (χ0n) is 12.8. The third kappa shape index (κ3) is 4.35. The molecule has 3 N–H and O–H groups in total. The third-order valence-corrected chi connectivity index (χ3v) is 3.16. The molecule has 21 heavy (non-hydrogen) atoms. The number of amides is 1. The standard InChI is InChI=1S/C18H22N2O/c1-18(2,3)12-13-8-10-14(11-9-13)17(21)20-16-7-5-4-6-15(16)19/h4-11H,12,19H2,1-3H3,(H,20,21). The normalized spacial score (nSPS) is 11.2. The van der Waals surface area contributed by atoms with E-state index in [0.29, 0.717) is 16.9 Å². The molecule has 0 aliphatic rings. The lowest BCUT2D eigenvalue weighted by molar-refractivity contribution is 0.102. The van der Waals surface area contributed by atoms with Crippen molar-refractivity contribution in [1.29, 1.82) is 0 Å². The molecule has 2 aromatic rings. The van der Waals surface area contributed by atoms with Crippen molar-refractivity contribution in [3.63, 3.8) is 0 Å². The number of para-hydroxylation sites is 2. The lowest BCUT2D eigenvalue weighted by Crippen LogP contribution is -2.13. The second-order valence-electron chi connectivity index (χ2n) is 6.48. The Kier molecular flexibility index (Phi) is 4.32. The van der Waals surface area contributed by atoms with Crippen LogP contribution in [0.5, 0.6) is 0 Å². The van der Waals surface area contributed by atoms with Gasteiger partial charge in [-0.3, -0.25) is 4.79 Å². The van der Waals surface area contributed by atoms with Gasteiger partial charge in [-0.25, -0.2) is 0 Å². The van der Waals surface area contributed by atoms with Crippen LogP contribution >= 0.6 is 0 Å². The number of hydrogen-bond acceptors (Lipinski definition) is 2. The summed E-state index contributed by atoms with van der Waals surface area (Å²) in [5.41, 5.74) is 9.14. The molecule has 2 aromatic carbocycles. The number of nitrogens with one attached hydrogen (secondary N) is 1. The lowest BCUT2D eigenvalue weighted by Gasteiger charge is -2.18. The van der Waals surface area contributed by atoms with Gasteiger partial charge in [-0.15, -0.1) is 0 Å². The second kappa shape index (κ2) is 6.00. The van der Waals surface area contributed by atoms with Crippen LogP contribution in [0, 0.1) is 5.41 Å². The first-order valence-corrected chi connectivity index (χ1v) is 7.10. The summed E-state index contributed by atoms with van der Waals surface area (Å²) in [6, 6.07) is 15.0. The number of rotatable bonds is 3. The van der Waals surface area contributed by atoms with Gasteiger partial charge in [0.25, 0.3) is 5.91 Å². The first kappa shape index (κ1) is 15.1. The summed E-state index contributed by atoms with van der Waals surface area (Å²) in [5.74, 6) is -0.143. The number of anilines is 2. The summed E-state index contributed by atoms with van der Waals surface area (Å²) in [7, 11) is 0. The smallest absolute Gasteiger partial charge is 0.255 e. The highest BCUT2D eigenvalue weighted by Crippen LogP contribution is 2.21. The van der Waals surface area contributed by atoms with Crippen molar-refractivity contribution in [2.45, 2.75) is 27.2 Å². The predicted octanol–water partition coefficient (Wildman–Crippen LogP) is 4.11. The van der Waals surface area contributed by atoms with Crippen LogP contribution in [0.25, 0.3) is 0 Å². The van der Waals surface area contributed by atoms with Gasteiger partial charge in [0.05, 0.1) is 11.4 Å². The Hall–Kier alpha value is -2.29. The minimum Gasteiger partial charge on any atom is -0.397 e. The highest BCUT2D eigenvalue weighted by atomic mass is 16.1. The van der Waals surface area contributed by atoms with Crippen LogP contribution in [-0.4, -0.2) is 5.91 Å². The number of benzene rings is 2. The number of carbonyl (C=O) groups is 1. The Bertz CT molecular complexity index is 624. The van der Waals surface area contributed by atoms with Gasteiger partial charge >= 0.3 is 0 Å². The van der Waals surface area contributed by atoms with Crippen molar-refractivity contribution < 1.29 is 4.79 Å². The largest absolute Gasteiger partial charge is 0.397 e. The van der Waals surface area contributed by atoms with Crippen molar-refractivity contribution in [1.82, 2.24) is 0 Å². The molecular weight excluding hydrogens is 260 g/mol. The molecular formula is C18H22N2O. The molecule has 0 heterocycles. The maximum atomic E-state index is 12.2. The van der Waals surface area contributed by atoms with Crippen molar-refractivity contribution >= 4 is 17.3 Å². The van der Waals surface area contributed by atoms with Gasteiger partial charge < -0.3 is 11.1 Å². The summed E-state index contributed by atoms with van der Waals surface area (Å²) in [5, 5.41) is 2.83. The minimum atomic E-state index is -0.143. The Morgan fingerprint density at radius 2 is 1.67 bits per heavy atom. The fourth-order valence-corrected chi connectivity index (χ4v) is 2.19. The summed E-state index contributed by atoms with van der Waals surface area (Å²) < 4.78 is 0. The molecule has 0 bridgehead atoms. The van der Waals surface area contributed by atoms with E-state index < -0.39 is 0 Å². The van der Waals surface area contributed by atoms with E-state index in [0.717, 1.165) is 6.42 Å². The van der Waals surface area contributed by atoms with Gasteiger partial charge in [-0.05, 0) is 41.7 Å². The number of nitrogens with two attached hydrogens (primary N) is 1. The summed E-state index contributed by atoms with van der Waals surface area (Å²) in [4.78, 5) is 12.2. The van der Waals surface area contributed by atoms with Crippen molar-refractivity contribution in [2.24, 2.45) is 5.41 Å². The first-order chi connectivity index (χ1) is 9.85. The molecule has 2 rings (SSSR count). The van der Waals surface area contributed by atoms with Crippen LogP contribution < -0.4 is 11.1 Å². The predicted molar refractivity (Wildman–Crippen MR) is 88.4 cm³/mol. The molecule has 0 fully saturated rings. The molecule has 3 heteroatoms. The zero-order valence-corrected chi connectivity index (χ0v) is 12.8. The van der Waals surface area contributed by atoms with E-state index in [9.17, 15) is 4.79 Å². The van der Waals surface area contributed by atoms with Crippen LogP contribution in [0.2, 0.25) is 0 Å². The molecule has 0 spiro atoms. The van der Waals surface area contributed by atoms with E-state index in [1.54, 1.807) is 12.1 Å². The molecule has 0 unspecified atom stereocenters. The van der Waals surface area contributed by atoms with Crippen LogP contribution in [0.4, 0.5) is 11.4 Å². The molecule has 110 valence electrons. The van der Waals surface area contributed by atoms with Crippen LogP contribution in [0.1, 0.15) is 36.7 Å². The SMILES string of the molecule is CC(C)(C)Cc1ccc(C(=O)Nc2ccccc2N)cc1. The highest BCUT2D eigenvalue weighted by Gasteiger charge is 2.12. The van der Waals surface area contributed by atoms with Crippen LogP contribution in [0.15, 0.2) is 48.5 Å². The van der Waals surface area contributed by atoms with E-state index in [2.05, 4.69) is 26.1 Å². The Labute approximate surface area is 126 Å². The average molecular weight is 282 g/mol. The minimum absolute atomic E-state index is 0.143. The summed E-state index contributed by atoms with van der Waals surface area (Å²) in [6.07, 6.45) is 0.987. The van der Waals surface area contributed by atoms with Gasteiger partial charge in [0.2, 0.25) is 0 Å². The molecule has 0 aliphatic carbocycles. The maximum Gasteiger partial charge on any atom is 0.255 e. The summed E-state index contributed by atoms with van der Waals surface area (Å²) >= 11 is 0. The number of hydrogen-bond donors (Lipinski definition) is 2. The molecule has 0 saturated heterocycles. The number of carbonyl (C=O) groups excluding carboxylic acids is 1.